The highest BCUT2D eigenvalue weighted by Crippen LogP contribution is 2.05. The molecule has 4 nitrogen and oxygen atoms in total. The van der Waals surface area contributed by atoms with E-state index in [4.69, 9.17) is 12.2 Å². The molecule has 0 radical (unpaired) electrons. The van der Waals surface area contributed by atoms with Gasteiger partial charge in [0, 0.05) is 38.1 Å². The molecule has 86 valence electrons. The zero-order valence-corrected chi connectivity index (χ0v) is 10.4. The molecule has 0 saturated heterocycles. The highest BCUT2D eigenvalue weighted by Gasteiger charge is 2.03. The third kappa shape index (κ3) is 2.24. The summed E-state index contributed by atoms with van der Waals surface area (Å²) in [5, 5.41) is 4.35. The maximum atomic E-state index is 5.24. The van der Waals surface area contributed by atoms with E-state index < -0.39 is 0 Å². The second kappa shape index (κ2) is 4.65. The highest BCUT2D eigenvalue weighted by molar-refractivity contribution is 7.71. The summed E-state index contributed by atoms with van der Waals surface area (Å²) < 4.78 is 4.77. The number of nitrogens with one attached hydrogen (secondary N) is 1. The fourth-order valence-corrected chi connectivity index (χ4v) is 2.06. The lowest BCUT2D eigenvalue weighted by Gasteiger charge is -2.04. The fourth-order valence-electron chi connectivity index (χ4n) is 1.79. The number of H-pyrrole nitrogens is 1. The molecule has 16 heavy (non-hydrogen) atoms. The molecular formula is C11H16N4S. The monoisotopic (exact) mass is 236 g/mol. The van der Waals surface area contributed by atoms with Gasteiger partial charge in [0.2, 0.25) is 0 Å². The first kappa shape index (κ1) is 11.1. The smallest absolute Gasteiger partial charge is 0.177 e. The van der Waals surface area contributed by atoms with E-state index in [9.17, 15) is 0 Å². The molecule has 0 aromatic carbocycles. The van der Waals surface area contributed by atoms with E-state index in [-0.39, 0.29) is 0 Å². The lowest BCUT2D eigenvalue weighted by molar-refractivity contribution is 0.636. The van der Waals surface area contributed by atoms with Crippen LogP contribution in [0, 0.1) is 4.77 Å². The highest BCUT2D eigenvalue weighted by atomic mass is 32.1. The SMILES string of the molecule is CCc1c[nH]c(=S)n1CCc1ccn(C)n1. The van der Waals surface area contributed by atoms with Crippen LogP contribution in [0.3, 0.4) is 0 Å². The summed E-state index contributed by atoms with van der Waals surface area (Å²) in [4.78, 5) is 3.08. The van der Waals surface area contributed by atoms with Crippen molar-refractivity contribution in [2.75, 3.05) is 0 Å². The van der Waals surface area contributed by atoms with Gasteiger partial charge in [0.15, 0.2) is 4.77 Å². The number of aryl methyl sites for hydroxylation is 3. The summed E-state index contributed by atoms with van der Waals surface area (Å²) in [6.45, 7) is 3.03. The van der Waals surface area contributed by atoms with Gasteiger partial charge in [-0.2, -0.15) is 5.10 Å². The Balaban J connectivity index is 2.09. The van der Waals surface area contributed by atoms with Crippen LogP contribution in [-0.2, 0) is 26.4 Å². The van der Waals surface area contributed by atoms with Crippen molar-refractivity contribution in [2.24, 2.45) is 7.05 Å². The number of nitrogens with zero attached hydrogens (tertiary/aromatic N) is 3. The van der Waals surface area contributed by atoms with Gasteiger partial charge >= 0.3 is 0 Å². The largest absolute Gasteiger partial charge is 0.337 e. The first-order valence-corrected chi connectivity index (χ1v) is 5.87. The molecule has 0 aliphatic carbocycles. The Labute approximate surface area is 99.9 Å². The number of imidazole rings is 1. The van der Waals surface area contributed by atoms with E-state index in [1.165, 1.54) is 5.69 Å². The molecule has 0 aliphatic heterocycles. The lowest BCUT2D eigenvalue weighted by Crippen LogP contribution is -2.05. The predicted molar refractivity (Wildman–Crippen MR) is 65.9 cm³/mol. The van der Waals surface area contributed by atoms with Crippen molar-refractivity contribution in [1.82, 2.24) is 19.3 Å². The fraction of sp³-hybridized carbons (Fsp3) is 0.455. The predicted octanol–water partition coefficient (Wildman–Crippen LogP) is 2.08. The van der Waals surface area contributed by atoms with Gasteiger partial charge in [-0.25, -0.2) is 0 Å². The van der Waals surface area contributed by atoms with Crippen molar-refractivity contribution in [3.63, 3.8) is 0 Å². The second-order valence-corrected chi connectivity index (χ2v) is 4.21. The topological polar surface area (TPSA) is 38.5 Å². The van der Waals surface area contributed by atoms with Crippen LogP contribution in [0.5, 0.6) is 0 Å². The summed E-state index contributed by atoms with van der Waals surface area (Å²) in [6.07, 6.45) is 5.86. The van der Waals surface area contributed by atoms with Crippen LogP contribution in [-0.4, -0.2) is 19.3 Å². The van der Waals surface area contributed by atoms with Gasteiger partial charge in [-0.05, 0) is 24.7 Å². The van der Waals surface area contributed by atoms with Crippen LogP contribution in [0.4, 0.5) is 0 Å². The first-order valence-electron chi connectivity index (χ1n) is 5.46. The Hall–Kier alpha value is -1.36. The van der Waals surface area contributed by atoms with E-state index in [0.717, 1.165) is 29.9 Å². The maximum Gasteiger partial charge on any atom is 0.177 e. The van der Waals surface area contributed by atoms with Gasteiger partial charge in [0.05, 0.1) is 5.69 Å². The summed E-state index contributed by atoms with van der Waals surface area (Å²) in [5.41, 5.74) is 2.36. The number of hydrogen-bond donors (Lipinski definition) is 1. The van der Waals surface area contributed by atoms with E-state index in [0.29, 0.717) is 0 Å². The normalized spacial score (nSPS) is 10.9. The van der Waals surface area contributed by atoms with Crippen LogP contribution in [0.2, 0.25) is 0 Å². The van der Waals surface area contributed by atoms with Crippen LogP contribution in [0.15, 0.2) is 18.5 Å². The molecule has 0 atom stereocenters. The Morgan fingerprint density at radius 3 is 2.94 bits per heavy atom. The molecule has 0 unspecified atom stereocenters. The van der Waals surface area contributed by atoms with Crippen molar-refractivity contribution < 1.29 is 0 Å². The van der Waals surface area contributed by atoms with Gasteiger partial charge in [-0.1, -0.05) is 6.92 Å². The molecule has 2 aromatic heterocycles. The first-order chi connectivity index (χ1) is 7.70. The lowest BCUT2D eigenvalue weighted by atomic mass is 10.3. The summed E-state index contributed by atoms with van der Waals surface area (Å²) >= 11 is 5.24. The zero-order chi connectivity index (χ0) is 11.5. The van der Waals surface area contributed by atoms with Crippen LogP contribution >= 0.6 is 12.2 Å². The third-order valence-electron chi connectivity index (χ3n) is 2.68. The molecule has 2 rings (SSSR count). The van der Waals surface area contributed by atoms with E-state index >= 15 is 0 Å². The van der Waals surface area contributed by atoms with Crippen LogP contribution in [0.1, 0.15) is 18.3 Å². The molecule has 0 bridgehead atoms. The summed E-state index contributed by atoms with van der Waals surface area (Å²) in [5.74, 6) is 0. The van der Waals surface area contributed by atoms with E-state index in [1.807, 2.05) is 30.2 Å². The average Bonchev–Trinajstić information content (AvgIpc) is 2.82. The number of rotatable bonds is 4. The Kier molecular flexibility index (Phi) is 3.24. The van der Waals surface area contributed by atoms with Crippen LogP contribution < -0.4 is 0 Å². The van der Waals surface area contributed by atoms with E-state index in [1.54, 1.807) is 0 Å². The van der Waals surface area contributed by atoms with Crippen molar-refractivity contribution in [2.45, 2.75) is 26.3 Å². The van der Waals surface area contributed by atoms with Crippen molar-refractivity contribution in [3.8, 4) is 0 Å². The minimum Gasteiger partial charge on any atom is -0.337 e. The van der Waals surface area contributed by atoms with Gasteiger partial charge in [0.25, 0.3) is 0 Å². The van der Waals surface area contributed by atoms with Crippen molar-refractivity contribution in [1.29, 1.82) is 0 Å². The quantitative estimate of drug-likeness (QED) is 0.825. The molecule has 0 spiro atoms. The minimum absolute atomic E-state index is 0.799. The Bertz CT molecular complexity index is 520. The summed E-state index contributed by atoms with van der Waals surface area (Å²) in [6, 6.07) is 2.04. The molecule has 0 fully saturated rings. The average molecular weight is 236 g/mol. The van der Waals surface area contributed by atoms with Gasteiger partial charge < -0.3 is 9.55 Å². The molecule has 2 aromatic rings. The third-order valence-corrected chi connectivity index (χ3v) is 3.01. The van der Waals surface area contributed by atoms with Crippen molar-refractivity contribution in [3.05, 3.63) is 34.6 Å². The molecule has 0 amide bonds. The van der Waals surface area contributed by atoms with Crippen LogP contribution in [0.25, 0.3) is 0 Å². The number of hydrogen-bond acceptors (Lipinski definition) is 2. The number of aromatic amines is 1. The van der Waals surface area contributed by atoms with Gasteiger partial charge in [-0.15, -0.1) is 0 Å². The Morgan fingerprint density at radius 2 is 2.31 bits per heavy atom. The molecule has 2 heterocycles. The molecular weight excluding hydrogens is 220 g/mol. The molecule has 0 aliphatic rings. The zero-order valence-electron chi connectivity index (χ0n) is 9.60. The maximum absolute atomic E-state index is 5.24. The molecule has 0 saturated carbocycles. The molecule has 1 N–H and O–H groups in total. The second-order valence-electron chi connectivity index (χ2n) is 3.82. The Morgan fingerprint density at radius 1 is 1.50 bits per heavy atom. The molecule has 5 heteroatoms. The van der Waals surface area contributed by atoms with Gasteiger partial charge in [0.1, 0.15) is 0 Å². The van der Waals surface area contributed by atoms with Gasteiger partial charge in [-0.3, -0.25) is 4.68 Å². The minimum atomic E-state index is 0.799. The summed E-state index contributed by atoms with van der Waals surface area (Å²) in [7, 11) is 1.93. The van der Waals surface area contributed by atoms with E-state index in [2.05, 4.69) is 21.6 Å². The number of aromatic nitrogens is 4. The van der Waals surface area contributed by atoms with Crippen molar-refractivity contribution >= 4 is 12.2 Å². The standard InChI is InChI=1S/C11H16N4S/c1-3-10-8-12-11(16)15(10)7-5-9-4-6-14(2)13-9/h4,6,8H,3,5,7H2,1-2H3,(H,12,16).